The van der Waals surface area contributed by atoms with Crippen LogP contribution in [0.15, 0.2) is 39.3 Å². The van der Waals surface area contributed by atoms with Crippen molar-refractivity contribution < 1.29 is 24.5 Å². The third-order valence-corrected chi connectivity index (χ3v) is 6.51. The molecule has 4 rings (SSSR count). The lowest BCUT2D eigenvalue weighted by atomic mass is 9.82. The molecule has 0 atom stereocenters. The first-order valence-corrected chi connectivity index (χ1v) is 11.6. The predicted molar refractivity (Wildman–Crippen MR) is 134 cm³/mol. The highest BCUT2D eigenvalue weighted by Gasteiger charge is 2.37. The van der Waals surface area contributed by atoms with E-state index < -0.39 is 23.0 Å². The van der Waals surface area contributed by atoms with Gasteiger partial charge in [0.05, 0.1) is 26.7 Å². The number of ether oxygens (including phenoxy) is 1. The number of nitrogens with zero attached hydrogens (tertiary/aromatic N) is 4. The van der Waals surface area contributed by atoms with Crippen LogP contribution in [0, 0.1) is 18.3 Å². The Labute approximate surface area is 220 Å². The van der Waals surface area contributed by atoms with Gasteiger partial charge in [-0.2, -0.15) is 5.26 Å². The Bertz CT molecular complexity index is 1620. The maximum Gasteiger partial charge on any atom is 0.271 e. The first-order valence-electron chi connectivity index (χ1n) is 10.8. The van der Waals surface area contributed by atoms with Gasteiger partial charge in [0.2, 0.25) is 5.88 Å². The summed E-state index contributed by atoms with van der Waals surface area (Å²) in [7, 11) is 1.49. The van der Waals surface area contributed by atoms with E-state index in [2.05, 4.69) is 10.2 Å². The molecular formula is C25H18Cl2N4O6. The molecule has 1 aliphatic rings. The molecule has 1 aromatic heterocycles. The Morgan fingerprint density at radius 3 is 2.41 bits per heavy atom. The molecule has 0 radical (unpaired) electrons. The topological polar surface area (TPSA) is 154 Å². The monoisotopic (exact) mass is 540 g/mol. The van der Waals surface area contributed by atoms with Crippen molar-refractivity contribution in [2.75, 3.05) is 13.7 Å². The lowest BCUT2D eigenvalue weighted by Crippen LogP contribution is -2.24. The molecule has 2 N–H and O–H groups in total. The van der Waals surface area contributed by atoms with Gasteiger partial charge in [0.15, 0.2) is 17.3 Å². The molecule has 0 saturated carbocycles. The number of hydrogen-bond acceptors (Lipinski definition) is 9. The average molecular weight is 541 g/mol. The van der Waals surface area contributed by atoms with Crippen molar-refractivity contribution >= 4 is 46.1 Å². The number of phenols is 1. The summed E-state index contributed by atoms with van der Waals surface area (Å²) in [6.45, 7) is 1.76. The van der Waals surface area contributed by atoms with Crippen LogP contribution in [-0.4, -0.2) is 40.1 Å². The Morgan fingerprint density at radius 2 is 1.73 bits per heavy atom. The maximum atomic E-state index is 13.4. The fraction of sp³-hybridized carbons (Fsp3) is 0.200. The normalized spacial score (nSPS) is 12.5. The largest absolute Gasteiger partial charge is 0.507 e. The molecule has 188 valence electrons. The van der Waals surface area contributed by atoms with Gasteiger partial charge in [-0.05, 0) is 25.5 Å². The Kier molecular flexibility index (Phi) is 7.14. The molecule has 12 heteroatoms. The smallest absolute Gasteiger partial charge is 0.271 e. The highest BCUT2D eigenvalue weighted by molar-refractivity contribution is 6.43. The second kappa shape index (κ2) is 10.1. The van der Waals surface area contributed by atoms with Crippen LogP contribution in [-0.2, 0) is 11.3 Å². The third kappa shape index (κ3) is 4.27. The standard InChI is InChI=1S/C25H18Cl2N4O6/c1-11-13(10-28)24(35)31(7-4-8-37-2)25(36)20(11)29-30-21-15(27)9-14(26)18-19(21)22(33)12-5-3-6-16(32)17(12)23(18)34/h3,5-6,9,32,36H,4,7-8H2,1-2H3/b30-29+. The fourth-order valence-corrected chi connectivity index (χ4v) is 4.70. The summed E-state index contributed by atoms with van der Waals surface area (Å²) in [6, 6.07) is 7.09. The Balaban J connectivity index is 1.92. The third-order valence-electron chi connectivity index (χ3n) is 5.92. The van der Waals surface area contributed by atoms with Crippen molar-refractivity contribution in [3.8, 4) is 17.7 Å². The molecule has 2 aromatic carbocycles. The number of aromatic hydroxyl groups is 2. The van der Waals surface area contributed by atoms with Crippen molar-refractivity contribution in [1.82, 2.24) is 4.57 Å². The number of ketones is 2. The maximum absolute atomic E-state index is 13.4. The van der Waals surface area contributed by atoms with E-state index >= 15 is 0 Å². The zero-order chi connectivity index (χ0) is 27.0. The summed E-state index contributed by atoms with van der Waals surface area (Å²) in [4.78, 5) is 39.3. The highest BCUT2D eigenvalue weighted by Crippen LogP contribution is 2.44. The van der Waals surface area contributed by atoms with E-state index in [0.717, 1.165) is 4.57 Å². The van der Waals surface area contributed by atoms with Crippen molar-refractivity contribution in [2.45, 2.75) is 19.9 Å². The van der Waals surface area contributed by atoms with E-state index in [1.165, 1.54) is 38.3 Å². The molecule has 0 unspecified atom stereocenters. The SMILES string of the molecule is COCCCn1c(O)c(/N=N/c2c(Cl)cc(Cl)c3c2C(=O)c2cccc(O)c2C3=O)c(C)c(C#N)c1=O. The van der Waals surface area contributed by atoms with Crippen LogP contribution in [0.5, 0.6) is 11.6 Å². The van der Waals surface area contributed by atoms with Crippen molar-refractivity contribution in [3.05, 3.63) is 78.0 Å². The van der Waals surface area contributed by atoms with Gasteiger partial charge < -0.3 is 14.9 Å². The van der Waals surface area contributed by atoms with Crippen molar-refractivity contribution in [1.29, 1.82) is 5.26 Å². The predicted octanol–water partition coefficient (Wildman–Crippen LogP) is 4.97. The number of hydrogen-bond donors (Lipinski definition) is 2. The zero-order valence-electron chi connectivity index (χ0n) is 19.5. The molecule has 0 fully saturated rings. The minimum atomic E-state index is -0.702. The molecule has 37 heavy (non-hydrogen) atoms. The summed E-state index contributed by atoms with van der Waals surface area (Å²) >= 11 is 12.6. The van der Waals surface area contributed by atoms with Gasteiger partial charge in [-0.15, -0.1) is 10.2 Å². The lowest BCUT2D eigenvalue weighted by Gasteiger charge is -2.21. The molecular weight excluding hydrogens is 523 g/mol. The summed E-state index contributed by atoms with van der Waals surface area (Å²) in [5.74, 6) is -2.28. The van der Waals surface area contributed by atoms with Crippen LogP contribution < -0.4 is 5.56 Å². The quantitative estimate of drug-likeness (QED) is 0.258. The number of halogens is 2. The summed E-state index contributed by atoms with van der Waals surface area (Å²) in [5.41, 5.74) is -1.97. The number of pyridine rings is 1. The zero-order valence-corrected chi connectivity index (χ0v) is 21.0. The van der Waals surface area contributed by atoms with Crippen LogP contribution in [0.1, 0.15) is 49.4 Å². The van der Waals surface area contributed by atoms with Gasteiger partial charge in [-0.1, -0.05) is 35.3 Å². The molecule has 0 amide bonds. The van der Waals surface area contributed by atoms with Crippen molar-refractivity contribution in [2.24, 2.45) is 10.2 Å². The van der Waals surface area contributed by atoms with Crippen LogP contribution in [0.2, 0.25) is 10.0 Å². The molecule has 1 aliphatic carbocycles. The minimum absolute atomic E-state index is 0.0420. The van der Waals surface area contributed by atoms with Gasteiger partial charge in [0.1, 0.15) is 23.1 Å². The van der Waals surface area contributed by atoms with E-state index in [4.69, 9.17) is 27.9 Å². The first kappa shape index (κ1) is 26.0. The summed E-state index contributed by atoms with van der Waals surface area (Å²) < 4.78 is 5.96. The summed E-state index contributed by atoms with van der Waals surface area (Å²) in [5, 5.41) is 38.4. The number of nitriles is 1. The van der Waals surface area contributed by atoms with E-state index in [1.54, 1.807) is 0 Å². The average Bonchev–Trinajstić information content (AvgIpc) is 2.85. The van der Waals surface area contributed by atoms with E-state index in [9.17, 15) is 29.9 Å². The number of phenolic OH excluding ortho intramolecular Hbond substituents is 1. The number of fused-ring (bicyclic) bond motifs is 2. The second-order valence-corrected chi connectivity index (χ2v) is 8.90. The van der Waals surface area contributed by atoms with Gasteiger partial charge in [0.25, 0.3) is 5.56 Å². The summed E-state index contributed by atoms with van der Waals surface area (Å²) in [6.07, 6.45) is 0.369. The lowest BCUT2D eigenvalue weighted by molar-refractivity contribution is 0.0977. The number of benzene rings is 2. The number of azo groups is 1. The first-order chi connectivity index (χ1) is 17.6. The number of carbonyl (C=O) groups excluding carboxylic acids is 2. The van der Waals surface area contributed by atoms with Crippen LogP contribution in [0.4, 0.5) is 11.4 Å². The minimum Gasteiger partial charge on any atom is -0.507 e. The number of rotatable bonds is 6. The highest BCUT2D eigenvalue weighted by atomic mass is 35.5. The Morgan fingerprint density at radius 1 is 1.03 bits per heavy atom. The molecule has 0 bridgehead atoms. The van der Waals surface area contributed by atoms with Crippen LogP contribution in [0.25, 0.3) is 0 Å². The van der Waals surface area contributed by atoms with Gasteiger partial charge in [-0.3, -0.25) is 19.0 Å². The molecule has 1 heterocycles. The van der Waals surface area contributed by atoms with Crippen molar-refractivity contribution in [3.63, 3.8) is 0 Å². The van der Waals surface area contributed by atoms with Gasteiger partial charge in [-0.25, -0.2) is 0 Å². The molecule has 0 spiro atoms. The van der Waals surface area contributed by atoms with E-state index in [1.807, 2.05) is 6.07 Å². The van der Waals surface area contributed by atoms with Crippen LogP contribution in [0.3, 0.4) is 0 Å². The van der Waals surface area contributed by atoms with Gasteiger partial charge >= 0.3 is 0 Å². The fourth-order valence-electron chi connectivity index (χ4n) is 4.11. The number of aromatic nitrogens is 1. The Hall–Kier alpha value is -4.04. The van der Waals surface area contributed by atoms with Gasteiger partial charge in [0, 0.05) is 31.4 Å². The van der Waals surface area contributed by atoms with E-state index in [-0.39, 0.29) is 67.1 Å². The van der Waals surface area contributed by atoms with Crippen LogP contribution >= 0.6 is 23.2 Å². The number of carbonyl (C=O) groups is 2. The molecule has 0 saturated heterocycles. The van der Waals surface area contributed by atoms with E-state index in [0.29, 0.717) is 13.0 Å². The number of methoxy groups -OCH3 is 1. The molecule has 3 aromatic rings. The molecule has 0 aliphatic heterocycles. The second-order valence-electron chi connectivity index (χ2n) is 8.08. The molecule has 10 nitrogen and oxygen atoms in total.